The summed E-state index contributed by atoms with van der Waals surface area (Å²) in [5, 5.41) is 4.30. The van der Waals surface area contributed by atoms with E-state index in [1.165, 1.54) is 18.2 Å². The standard InChI is InChI=1S/C29H23ClFN3O4S/c1-3-39(36,37)23-10-4-18(5-11-23)14-22(35)15-19-16-24(30)26(25(31)17-19)29(12-13-29)28-33-27(38-34-28)20-6-8-21(32-2)9-7-20/h4-11,16-17H,3,12-15H2,1H3. The predicted octanol–water partition coefficient (Wildman–Crippen LogP) is 6.31. The zero-order valence-corrected chi connectivity index (χ0v) is 22.5. The van der Waals surface area contributed by atoms with Crippen LogP contribution in [0.25, 0.3) is 16.3 Å². The Hall–Kier alpha value is -3.87. The van der Waals surface area contributed by atoms with Crippen LogP contribution in [-0.4, -0.2) is 30.1 Å². The molecule has 0 radical (unpaired) electrons. The number of ketones is 1. The number of halogens is 2. The zero-order chi connectivity index (χ0) is 27.8. The van der Waals surface area contributed by atoms with E-state index in [1.54, 1.807) is 49.4 Å². The first-order chi connectivity index (χ1) is 18.6. The summed E-state index contributed by atoms with van der Waals surface area (Å²) in [5.74, 6) is -0.0835. The van der Waals surface area contributed by atoms with Gasteiger partial charge in [0.25, 0.3) is 5.89 Å². The molecule has 198 valence electrons. The summed E-state index contributed by atoms with van der Waals surface area (Å²) >= 11 is 6.56. The van der Waals surface area contributed by atoms with Crippen LogP contribution in [0.3, 0.4) is 0 Å². The molecule has 10 heteroatoms. The van der Waals surface area contributed by atoms with Gasteiger partial charge in [0.2, 0.25) is 0 Å². The highest BCUT2D eigenvalue weighted by atomic mass is 35.5. The molecule has 1 aliphatic carbocycles. The van der Waals surface area contributed by atoms with Gasteiger partial charge in [-0.05, 0) is 48.2 Å². The maximum Gasteiger partial charge on any atom is 0.257 e. The van der Waals surface area contributed by atoms with Gasteiger partial charge in [0.05, 0.1) is 22.6 Å². The molecule has 0 aliphatic heterocycles. The first kappa shape index (κ1) is 26.7. The van der Waals surface area contributed by atoms with Crippen LogP contribution in [0.15, 0.2) is 70.1 Å². The highest BCUT2D eigenvalue weighted by Gasteiger charge is 2.53. The van der Waals surface area contributed by atoms with Crippen LogP contribution in [0.5, 0.6) is 0 Å². The zero-order valence-electron chi connectivity index (χ0n) is 20.9. The molecule has 0 saturated heterocycles. The molecule has 1 saturated carbocycles. The van der Waals surface area contributed by atoms with E-state index in [1.807, 2.05) is 0 Å². The highest BCUT2D eigenvalue weighted by Crippen LogP contribution is 2.55. The monoisotopic (exact) mass is 563 g/mol. The molecule has 0 unspecified atom stereocenters. The van der Waals surface area contributed by atoms with Crippen LogP contribution in [0.1, 0.15) is 42.3 Å². The molecule has 0 N–H and O–H groups in total. The van der Waals surface area contributed by atoms with Crippen molar-refractivity contribution in [2.45, 2.75) is 42.9 Å². The minimum Gasteiger partial charge on any atom is -0.334 e. The number of nitrogens with zero attached hydrogens (tertiary/aromatic N) is 3. The summed E-state index contributed by atoms with van der Waals surface area (Å²) in [4.78, 5) is 20.8. The molecule has 0 spiro atoms. The van der Waals surface area contributed by atoms with Gasteiger partial charge in [0, 0.05) is 29.0 Å². The van der Waals surface area contributed by atoms with Gasteiger partial charge in [-0.3, -0.25) is 4.79 Å². The fourth-order valence-electron chi connectivity index (χ4n) is 4.61. The minimum atomic E-state index is -3.31. The van der Waals surface area contributed by atoms with Gasteiger partial charge in [-0.1, -0.05) is 60.1 Å². The first-order valence-corrected chi connectivity index (χ1v) is 14.3. The van der Waals surface area contributed by atoms with Gasteiger partial charge in [-0.15, -0.1) is 0 Å². The SMILES string of the molecule is [C-]#[N+]c1ccc(-c2nc(C3(c4c(F)cc(CC(=O)Cc5ccc(S(=O)(=O)CC)cc5)cc4Cl)CC3)no2)cc1. The Balaban J connectivity index is 1.32. The third-order valence-corrected chi connectivity index (χ3v) is 8.94. The van der Waals surface area contributed by atoms with E-state index in [2.05, 4.69) is 15.0 Å². The van der Waals surface area contributed by atoms with Gasteiger partial charge in [0.1, 0.15) is 11.6 Å². The number of carbonyl (C=O) groups is 1. The maximum absolute atomic E-state index is 15.4. The molecule has 1 heterocycles. The summed E-state index contributed by atoms with van der Waals surface area (Å²) in [6, 6.07) is 15.9. The van der Waals surface area contributed by atoms with Gasteiger partial charge >= 0.3 is 0 Å². The number of hydrogen-bond donors (Lipinski definition) is 0. The van der Waals surface area contributed by atoms with E-state index in [-0.39, 0.29) is 45.8 Å². The smallest absolute Gasteiger partial charge is 0.257 e. The Kier molecular flexibility index (Phi) is 7.10. The Morgan fingerprint density at radius 2 is 1.74 bits per heavy atom. The summed E-state index contributed by atoms with van der Waals surface area (Å²) in [7, 11) is -3.31. The number of carbonyl (C=O) groups excluding carboxylic acids is 1. The Bertz CT molecular complexity index is 1680. The molecule has 39 heavy (non-hydrogen) atoms. The highest BCUT2D eigenvalue weighted by molar-refractivity contribution is 7.91. The van der Waals surface area contributed by atoms with Crippen molar-refractivity contribution in [2.24, 2.45) is 0 Å². The van der Waals surface area contributed by atoms with Crippen molar-refractivity contribution < 1.29 is 22.1 Å². The van der Waals surface area contributed by atoms with Crippen LogP contribution >= 0.6 is 11.6 Å². The van der Waals surface area contributed by atoms with E-state index < -0.39 is 21.1 Å². The lowest BCUT2D eigenvalue weighted by atomic mass is 9.92. The Morgan fingerprint density at radius 1 is 1.08 bits per heavy atom. The second-order valence-electron chi connectivity index (χ2n) is 9.54. The van der Waals surface area contributed by atoms with Crippen LogP contribution in [0.4, 0.5) is 10.1 Å². The summed E-state index contributed by atoms with van der Waals surface area (Å²) < 4.78 is 44.8. The third kappa shape index (κ3) is 5.35. The van der Waals surface area contributed by atoms with Crippen LogP contribution < -0.4 is 0 Å². The number of rotatable bonds is 9. The average molecular weight is 564 g/mol. The lowest BCUT2D eigenvalue weighted by Crippen LogP contribution is -2.15. The maximum atomic E-state index is 15.4. The van der Waals surface area contributed by atoms with E-state index >= 15 is 4.39 Å². The number of Topliss-reactive ketones (excluding diaryl/α,β-unsaturated/α-hetero) is 1. The summed E-state index contributed by atoms with van der Waals surface area (Å²) in [5.41, 5.74) is 1.74. The second kappa shape index (κ2) is 10.4. The van der Waals surface area contributed by atoms with Crippen LogP contribution in [-0.2, 0) is 32.9 Å². The van der Waals surface area contributed by atoms with Gasteiger partial charge in [-0.2, -0.15) is 4.98 Å². The fraction of sp³-hybridized carbons (Fsp3) is 0.241. The lowest BCUT2D eigenvalue weighted by Gasteiger charge is -2.16. The van der Waals surface area contributed by atoms with Crippen molar-refractivity contribution in [3.05, 3.63) is 105 Å². The number of sulfone groups is 1. The molecule has 5 rings (SSSR count). The Labute approximate surface area is 230 Å². The normalized spacial score (nSPS) is 14.1. The molecule has 0 amide bonds. The molecular weight excluding hydrogens is 541 g/mol. The predicted molar refractivity (Wildman–Crippen MR) is 144 cm³/mol. The Morgan fingerprint density at radius 3 is 2.33 bits per heavy atom. The molecule has 7 nitrogen and oxygen atoms in total. The quantitative estimate of drug-likeness (QED) is 0.222. The lowest BCUT2D eigenvalue weighted by molar-refractivity contribution is -0.117. The van der Waals surface area contributed by atoms with E-state index in [9.17, 15) is 13.2 Å². The first-order valence-electron chi connectivity index (χ1n) is 12.3. The van der Waals surface area contributed by atoms with Crippen molar-refractivity contribution in [3.8, 4) is 11.5 Å². The topological polar surface area (TPSA) is 94.5 Å². The van der Waals surface area contributed by atoms with Crippen molar-refractivity contribution in [1.29, 1.82) is 0 Å². The third-order valence-electron chi connectivity index (χ3n) is 6.89. The van der Waals surface area contributed by atoms with Crippen molar-refractivity contribution in [3.63, 3.8) is 0 Å². The molecule has 4 aromatic rings. The minimum absolute atomic E-state index is 0.000755. The number of aromatic nitrogens is 2. The largest absolute Gasteiger partial charge is 0.334 e. The molecule has 0 atom stereocenters. The number of hydrogen-bond acceptors (Lipinski definition) is 6. The molecule has 1 aromatic heterocycles. The summed E-state index contributed by atoms with van der Waals surface area (Å²) in [6.45, 7) is 8.65. The number of benzene rings is 3. The summed E-state index contributed by atoms with van der Waals surface area (Å²) in [6.07, 6.45) is 1.26. The average Bonchev–Trinajstić information content (AvgIpc) is 3.54. The van der Waals surface area contributed by atoms with E-state index in [0.29, 0.717) is 41.0 Å². The van der Waals surface area contributed by atoms with Gasteiger partial charge in [0.15, 0.2) is 21.3 Å². The van der Waals surface area contributed by atoms with Crippen molar-refractivity contribution in [1.82, 2.24) is 10.1 Å². The second-order valence-corrected chi connectivity index (χ2v) is 12.2. The molecule has 0 bridgehead atoms. The fourth-order valence-corrected chi connectivity index (χ4v) is 5.90. The van der Waals surface area contributed by atoms with E-state index in [0.717, 1.165) is 0 Å². The molecule has 1 aliphatic rings. The molecule has 3 aromatic carbocycles. The van der Waals surface area contributed by atoms with Crippen molar-refractivity contribution in [2.75, 3.05) is 5.75 Å². The van der Waals surface area contributed by atoms with Crippen LogP contribution in [0.2, 0.25) is 5.02 Å². The van der Waals surface area contributed by atoms with Crippen molar-refractivity contribution >= 4 is 32.9 Å². The molecule has 1 fully saturated rings. The van der Waals surface area contributed by atoms with E-state index in [4.69, 9.17) is 22.7 Å². The van der Waals surface area contributed by atoms with Crippen LogP contribution in [0, 0.1) is 12.4 Å². The van der Waals surface area contributed by atoms with Gasteiger partial charge in [-0.25, -0.2) is 17.7 Å². The van der Waals surface area contributed by atoms with Gasteiger partial charge < -0.3 is 4.52 Å². The molecular formula is C29H23ClFN3O4S.